The van der Waals surface area contributed by atoms with Crippen LogP contribution in [0.3, 0.4) is 0 Å². The first-order chi connectivity index (χ1) is 16.0. The summed E-state index contributed by atoms with van der Waals surface area (Å²) in [5.41, 5.74) is 5.06. The Hall–Kier alpha value is -2.48. The van der Waals surface area contributed by atoms with E-state index in [0.717, 1.165) is 42.2 Å². The summed E-state index contributed by atoms with van der Waals surface area (Å²) in [6.45, 7) is 3.39. The van der Waals surface area contributed by atoms with E-state index in [1.165, 1.54) is 16.7 Å². The smallest absolute Gasteiger partial charge is 0.161 e. The molecule has 7 nitrogen and oxygen atoms in total. The Bertz CT molecular complexity index is 1120. The second-order valence-corrected chi connectivity index (χ2v) is 9.85. The van der Waals surface area contributed by atoms with Gasteiger partial charge in [0, 0.05) is 24.2 Å². The molecule has 4 aliphatic rings. The molecule has 2 saturated heterocycles. The summed E-state index contributed by atoms with van der Waals surface area (Å²) in [7, 11) is 6.73. The third kappa shape index (κ3) is 2.61. The molecule has 0 spiro atoms. The molecule has 7 heteroatoms. The van der Waals surface area contributed by atoms with Gasteiger partial charge < -0.3 is 24.1 Å². The van der Waals surface area contributed by atoms with Crippen LogP contribution in [0.1, 0.15) is 47.7 Å². The van der Waals surface area contributed by atoms with Crippen molar-refractivity contribution in [3.8, 4) is 23.0 Å². The molecule has 2 fully saturated rings. The van der Waals surface area contributed by atoms with E-state index < -0.39 is 0 Å². The molecular formula is C26H32N2O5. The zero-order chi connectivity index (χ0) is 23.1. The third-order valence-corrected chi connectivity index (χ3v) is 8.57. The number of nitrogens with zero attached hydrogens (tertiary/aromatic N) is 2. The molecule has 0 aromatic heterocycles. The standard InChI is InChI=1S/C26H32N2O5/c1-26-11-15-12-27-19(6-14-7-21(30-2)22(31-3)8-16(14)20(27)13-29)25(28(15)26)17-9-23(32-4)24(33-5)10-18(17)26/h7-10,15,19-20,25,29H,6,11-13H2,1-5H3. The summed E-state index contributed by atoms with van der Waals surface area (Å²) in [6, 6.07) is 9.42. The van der Waals surface area contributed by atoms with E-state index in [1.807, 2.05) is 0 Å². The van der Waals surface area contributed by atoms with Crippen molar-refractivity contribution in [3.63, 3.8) is 0 Å². The Morgan fingerprint density at radius 1 is 0.909 bits per heavy atom. The predicted octanol–water partition coefficient (Wildman–Crippen LogP) is 3.04. The van der Waals surface area contributed by atoms with Crippen LogP contribution in [0.25, 0.3) is 0 Å². The van der Waals surface area contributed by atoms with Crippen LogP contribution in [0.5, 0.6) is 23.0 Å². The van der Waals surface area contributed by atoms with Gasteiger partial charge in [-0.05, 0) is 66.3 Å². The summed E-state index contributed by atoms with van der Waals surface area (Å²) in [4.78, 5) is 5.24. The fourth-order valence-electron chi connectivity index (χ4n) is 7.22. The highest BCUT2D eigenvalue weighted by atomic mass is 16.5. The fraction of sp³-hybridized carbons (Fsp3) is 0.538. The minimum absolute atomic E-state index is 0.0168. The van der Waals surface area contributed by atoms with Crippen molar-refractivity contribution < 1.29 is 24.1 Å². The number of rotatable bonds is 5. The summed E-state index contributed by atoms with van der Waals surface area (Å²) in [5, 5.41) is 10.5. The van der Waals surface area contributed by atoms with Gasteiger partial charge in [0.05, 0.1) is 47.1 Å². The quantitative estimate of drug-likeness (QED) is 0.748. The number of hydrogen-bond acceptors (Lipinski definition) is 7. The molecule has 176 valence electrons. The molecule has 4 aliphatic heterocycles. The monoisotopic (exact) mass is 452 g/mol. The summed E-state index contributed by atoms with van der Waals surface area (Å²) in [6.07, 6.45) is 2.00. The first-order valence-electron chi connectivity index (χ1n) is 11.6. The third-order valence-electron chi connectivity index (χ3n) is 8.57. The second-order valence-electron chi connectivity index (χ2n) is 9.85. The van der Waals surface area contributed by atoms with Gasteiger partial charge in [-0.15, -0.1) is 0 Å². The van der Waals surface area contributed by atoms with Gasteiger partial charge >= 0.3 is 0 Å². The Morgan fingerprint density at radius 2 is 1.52 bits per heavy atom. The van der Waals surface area contributed by atoms with Crippen molar-refractivity contribution in [3.05, 3.63) is 46.5 Å². The Morgan fingerprint density at radius 3 is 2.15 bits per heavy atom. The van der Waals surface area contributed by atoms with Crippen LogP contribution in [0.15, 0.2) is 24.3 Å². The minimum atomic E-state index is -0.0586. The average molecular weight is 453 g/mol. The molecule has 0 amide bonds. The van der Waals surface area contributed by atoms with Crippen LogP contribution in [0.2, 0.25) is 0 Å². The fourth-order valence-corrected chi connectivity index (χ4v) is 7.22. The number of piperazine rings is 1. The summed E-state index contributed by atoms with van der Waals surface area (Å²) in [5.74, 6) is 3.02. The van der Waals surface area contributed by atoms with Crippen LogP contribution >= 0.6 is 0 Å². The van der Waals surface area contributed by atoms with Crippen LogP contribution < -0.4 is 18.9 Å². The van der Waals surface area contributed by atoms with Crippen LogP contribution in [-0.4, -0.2) is 68.6 Å². The van der Waals surface area contributed by atoms with Crippen molar-refractivity contribution in [2.24, 2.45) is 0 Å². The lowest BCUT2D eigenvalue weighted by molar-refractivity contribution is -0.165. The van der Waals surface area contributed by atoms with Gasteiger partial charge in [-0.1, -0.05) is 0 Å². The van der Waals surface area contributed by atoms with Gasteiger partial charge in [0.25, 0.3) is 0 Å². The van der Waals surface area contributed by atoms with Gasteiger partial charge in [-0.3, -0.25) is 9.80 Å². The predicted molar refractivity (Wildman–Crippen MR) is 123 cm³/mol. The van der Waals surface area contributed by atoms with E-state index in [4.69, 9.17) is 18.9 Å². The van der Waals surface area contributed by atoms with E-state index in [0.29, 0.717) is 11.8 Å². The SMILES string of the molecule is COc1cc2c(cc1OC)C(CO)N1CC3CC4(C)c5cc(OC)c(OC)cc5C(C1C2)N34. The topological polar surface area (TPSA) is 63.6 Å². The van der Waals surface area contributed by atoms with Gasteiger partial charge in [-0.2, -0.15) is 0 Å². The molecule has 5 unspecified atom stereocenters. The maximum atomic E-state index is 10.5. The second kappa shape index (κ2) is 7.26. The van der Waals surface area contributed by atoms with Crippen LogP contribution in [-0.2, 0) is 12.0 Å². The molecule has 4 heterocycles. The molecule has 2 aromatic carbocycles. The molecule has 5 atom stereocenters. The van der Waals surface area contributed by atoms with Gasteiger partial charge in [0.2, 0.25) is 0 Å². The maximum Gasteiger partial charge on any atom is 0.161 e. The lowest BCUT2D eigenvalue weighted by Crippen LogP contribution is -2.71. The number of ether oxygens (including phenoxy) is 4. The molecule has 2 aromatic rings. The van der Waals surface area contributed by atoms with Crippen LogP contribution in [0, 0.1) is 0 Å². The molecular weight excluding hydrogens is 420 g/mol. The van der Waals surface area contributed by atoms with E-state index in [2.05, 4.69) is 41.0 Å². The number of benzene rings is 2. The summed E-state index contributed by atoms with van der Waals surface area (Å²) < 4.78 is 22.5. The van der Waals surface area contributed by atoms with Crippen molar-refractivity contribution in [1.82, 2.24) is 9.80 Å². The zero-order valence-electron chi connectivity index (χ0n) is 19.9. The Balaban J connectivity index is 1.49. The molecule has 0 bridgehead atoms. The molecule has 0 saturated carbocycles. The van der Waals surface area contributed by atoms with Crippen molar-refractivity contribution >= 4 is 0 Å². The molecule has 33 heavy (non-hydrogen) atoms. The van der Waals surface area contributed by atoms with E-state index in [-0.39, 0.29) is 30.3 Å². The van der Waals surface area contributed by atoms with Crippen molar-refractivity contribution in [2.45, 2.75) is 49.5 Å². The number of methoxy groups -OCH3 is 4. The summed E-state index contributed by atoms with van der Waals surface area (Å²) >= 11 is 0. The van der Waals surface area contributed by atoms with Gasteiger partial charge in [0.15, 0.2) is 23.0 Å². The normalized spacial score (nSPS) is 31.6. The zero-order valence-corrected chi connectivity index (χ0v) is 19.9. The first-order valence-corrected chi connectivity index (χ1v) is 11.6. The average Bonchev–Trinajstić information content (AvgIpc) is 3.05. The largest absolute Gasteiger partial charge is 0.493 e. The number of fused-ring (bicyclic) bond motifs is 6. The molecule has 1 N–H and O–H groups in total. The number of hydrogen-bond donors (Lipinski definition) is 1. The van der Waals surface area contributed by atoms with Gasteiger partial charge in [0.1, 0.15) is 0 Å². The van der Waals surface area contributed by atoms with E-state index in [1.54, 1.807) is 28.4 Å². The first kappa shape index (κ1) is 21.1. The number of aliphatic hydroxyl groups excluding tert-OH is 1. The lowest BCUT2D eigenvalue weighted by atomic mass is 9.74. The lowest BCUT2D eigenvalue weighted by Gasteiger charge is -2.64. The molecule has 0 aliphatic carbocycles. The highest BCUT2D eigenvalue weighted by Crippen LogP contribution is 2.63. The van der Waals surface area contributed by atoms with Crippen LogP contribution in [0.4, 0.5) is 0 Å². The van der Waals surface area contributed by atoms with Crippen molar-refractivity contribution in [1.29, 1.82) is 0 Å². The minimum Gasteiger partial charge on any atom is -0.493 e. The van der Waals surface area contributed by atoms with Gasteiger partial charge in [-0.25, -0.2) is 0 Å². The van der Waals surface area contributed by atoms with Crippen molar-refractivity contribution in [2.75, 3.05) is 41.6 Å². The maximum absolute atomic E-state index is 10.5. The molecule has 0 radical (unpaired) electrons. The highest BCUT2D eigenvalue weighted by Gasteiger charge is 2.64. The molecule has 6 rings (SSSR count). The van der Waals surface area contributed by atoms with E-state index in [9.17, 15) is 5.11 Å². The van der Waals surface area contributed by atoms with E-state index >= 15 is 0 Å². The highest BCUT2D eigenvalue weighted by molar-refractivity contribution is 5.57. The Kier molecular flexibility index (Phi) is 4.64. The number of aliphatic hydroxyl groups is 1. The Labute approximate surface area is 194 Å².